The standard InChI is InChI=1S/C17H21FN6/c1-12-11-13(2)21-17(20-12)22-16(19)24-9-7-23(8-10-24)15-5-3-14(18)4-6-15/h3-6,11H,7-10H2,1-2H3,(H2,19,20,21,22). The molecule has 7 heteroatoms. The van der Waals surface area contributed by atoms with E-state index >= 15 is 0 Å². The number of aryl methyl sites for hydroxylation is 2. The van der Waals surface area contributed by atoms with Crippen molar-refractivity contribution < 1.29 is 4.39 Å². The number of piperazine rings is 1. The van der Waals surface area contributed by atoms with Crippen molar-refractivity contribution in [1.82, 2.24) is 14.9 Å². The van der Waals surface area contributed by atoms with Crippen LogP contribution in [0.3, 0.4) is 0 Å². The maximum absolute atomic E-state index is 13.0. The Morgan fingerprint density at radius 1 is 1.04 bits per heavy atom. The molecule has 3 rings (SSSR count). The van der Waals surface area contributed by atoms with Gasteiger partial charge in [-0.25, -0.2) is 14.4 Å². The number of guanidine groups is 1. The molecule has 0 atom stereocenters. The maximum atomic E-state index is 13.0. The fourth-order valence-electron chi connectivity index (χ4n) is 2.78. The quantitative estimate of drug-likeness (QED) is 0.674. The first-order valence-corrected chi connectivity index (χ1v) is 7.93. The first-order chi connectivity index (χ1) is 11.5. The van der Waals surface area contributed by atoms with Crippen LogP contribution in [-0.2, 0) is 0 Å². The summed E-state index contributed by atoms with van der Waals surface area (Å²) in [5.74, 6) is 0.604. The fraction of sp³-hybridized carbons (Fsp3) is 0.353. The van der Waals surface area contributed by atoms with Crippen molar-refractivity contribution in [2.45, 2.75) is 13.8 Å². The summed E-state index contributed by atoms with van der Waals surface area (Å²) < 4.78 is 13.0. The first-order valence-electron chi connectivity index (χ1n) is 7.93. The Hall–Kier alpha value is -2.70. The zero-order chi connectivity index (χ0) is 17.1. The van der Waals surface area contributed by atoms with Crippen LogP contribution >= 0.6 is 0 Å². The van der Waals surface area contributed by atoms with Crippen LogP contribution in [0, 0.1) is 19.7 Å². The molecule has 6 nitrogen and oxygen atoms in total. The second-order valence-corrected chi connectivity index (χ2v) is 5.87. The second kappa shape index (κ2) is 6.82. The van der Waals surface area contributed by atoms with Crippen molar-refractivity contribution >= 4 is 17.6 Å². The van der Waals surface area contributed by atoms with E-state index in [0.717, 1.165) is 43.3 Å². The number of aromatic nitrogens is 2. The monoisotopic (exact) mass is 328 g/mol. The van der Waals surface area contributed by atoms with Gasteiger partial charge in [0.25, 0.3) is 5.95 Å². The summed E-state index contributed by atoms with van der Waals surface area (Å²) in [4.78, 5) is 17.1. The van der Waals surface area contributed by atoms with Crippen molar-refractivity contribution in [1.29, 1.82) is 0 Å². The number of rotatable bonds is 2. The van der Waals surface area contributed by atoms with Crippen molar-refractivity contribution in [3.63, 3.8) is 0 Å². The average molecular weight is 328 g/mol. The van der Waals surface area contributed by atoms with E-state index in [0.29, 0.717) is 11.9 Å². The molecule has 1 saturated heterocycles. The molecule has 1 fully saturated rings. The van der Waals surface area contributed by atoms with E-state index in [-0.39, 0.29) is 5.82 Å². The summed E-state index contributed by atoms with van der Waals surface area (Å²) in [6, 6.07) is 8.46. The highest BCUT2D eigenvalue weighted by molar-refractivity contribution is 5.80. The van der Waals surface area contributed by atoms with Crippen molar-refractivity contribution in [3.05, 3.63) is 47.5 Å². The van der Waals surface area contributed by atoms with E-state index < -0.39 is 0 Å². The van der Waals surface area contributed by atoms with Gasteiger partial charge in [-0.15, -0.1) is 0 Å². The van der Waals surface area contributed by atoms with Gasteiger partial charge in [-0.1, -0.05) is 0 Å². The zero-order valence-corrected chi connectivity index (χ0v) is 13.9. The van der Waals surface area contributed by atoms with Gasteiger partial charge in [0.1, 0.15) is 5.82 Å². The smallest absolute Gasteiger partial charge is 0.253 e. The number of benzene rings is 1. The molecule has 0 unspecified atom stereocenters. The maximum Gasteiger partial charge on any atom is 0.253 e. The Balaban J connectivity index is 1.65. The summed E-state index contributed by atoms with van der Waals surface area (Å²) >= 11 is 0. The van der Waals surface area contributed by atoms with E-state index in [1.54, 1.807) is 12.1 Å². The highest BCUT2D eigenvalue weighted by Gasteiger charge is 2.19. The van der Waals surface area contributed by atoms with Gasteiger partial charge in [0.15, 0.2) is 5.96 Å². The van der Waals surface area contributed by atoms with Crippen LogP contribution in [0.1, 0.15) is 11.4 Å². The number of aliphatic imine (C=N–C) groups is 1. The van der Waals surface area contributed by atoms with Gasteiger partial charge < -0.3 is 15.5 Å². The molecular formula is C17H21FN6. The Morgan fingerprint density at radius 2 is 1.62 bits per heavy atom. The SMILES string of the molecule is Cc1cc(C)nc(/N=C(\N)N2CCN(c3ccc(F)cc3)CC2)n1. The van der Waals surface area contributed by atoms with E-state index in [1.165, 1.54) is 12.1 Å². The van der Waals surface area contributed by atoms with Crippen molar-refractivity contribution in [2.75, 3.05) is 31.1 Å². The lowest BCUT2D eigenvalue weighted by Crippen LogP contribution is -2.51. The minimum absolute atomic E-state index is 0.220. The average Bonchev–Trinajstić information content (AvgIpc) is 2.55. The molecule has 0 spiro atoms. The molecule has 2 N–H and O–H groups in total. The van der Waals surface area contributed by atoms with Gasteiger partial charge in [-0.05, 0) is 44.2 Å². The predicted octanol–water partition coefficient (Wildman–Crippen LogP) is 2.00. The van der Waals surface area contributed by atoms with Crippen LogP contribution in [-0.4, -0.2) is 47.0 Å². The minimum Gasteiger partial charge on any atom is -0.369 e. The number of hydrogen-bond acceptors (Lipinski definition) is 4. The Morgan fingerprint density at radius 3 is 2.21 bits per heavy atom. The molecule has 0 aliphatic carbocycles. The molecule has 0 amide bonds. The highest BCUT2D eigenvalue weighted by atomic mass is 19.1. The number of anilines is 1. The summed E-state index contributed by atoms with van der Waals surface area (Å²) in [5.41, 5.74) is 8.87. The molecule has 0 bridgehead atoms. The molecule has 2 aromatic rings. The highest BCUT2D eigenvalue weighted by Crippen LogP contribution is 2.17. The second-order valence-electron chi connectivity index (χ2n) is 5.87. The van der Waals surface area contributed by atoms with Crippen LogP contribution in [0.5, 0.6) is 0 Å². The minimum atomic E-state index is -0.220. The Bertz CT molecular complexity index is 715. The number of nitrogens with two attached hydrogens (primary N) is 1. The van der Waals surface area contributed by atoms with Gasteiger partial charge in [-0.2, -0.15) is 4.99 Å². The molecule has 2 heterocycles. The summed E-state index contributed by atoms with van der Waals surface area (Å²) in [6.07, 6.45) is 0. The predicted molar refractivity (Wildman–Crippen MR) is 93.0 cm³/mol. The summed E-state index contributed by atoms with van der Waals surface area (Å²) in [6.45, 7) is 6.91. The van der Waals surface area contributed by atoms with Gasteiger partial charge in [0, 0.05) is 43.3 Å². The number of halogens is 1. The number of hydrogen-bond donors (Lipinski definition) is 1. The third-order valence-corrected chi connectivity index (χ3v) is 3.98. The molecule has 0 saturated carbocycles. The fourth-order valence-corrected chi connectivity index (χ4v) is 2.78. The topological polar surface area (TPSA) is 70.6 Å². The molecule has 24 heavy (non-hydrogen) atoms. The lowest BCUT2D eigenvalue weighted by Gasteiger charge is -2.36. The van der Waals surface area contributed by atoms with Crippen molar-refractivity contribution in [2.24, 2.45) is 10.7 Å². The van der Waals surface area contributed by atoms with Crippen LogP contribution < -0.4 is 10.6 Å². The van der Waals surface area contributed by atoms with Crippen LogP contribution in [0.25, 0.3) is 0 Å². The summed E-state index contributed by atoms with van der Waals surface area (Å²) in [5, 5.41) is 0. The Labute approximate surface area is 140 Å². The van der Waals surface area contributed by atoms with E-state index in [9.17, 15) is 4.39 Å². The molecule has 126 valence electrons. The largest absolute Gasteiger partial charge is 0.369 e. The Kier molecular flexibility index (Phi) is 4.59. The van der Waals surface area contributed by atoms with Gasteiger partial charge in [0.05, 0.1) is 0 Å². The number of nitrogens with zero attached hydrogens (tertiary/aromatic N) is 5. The van der Waals surface area contributed by atoms with Crippen LogP contribution in [0.15, 0.2) is 35.3 Å². The van der Waals surface area contributed by atoms with Crippen molar-refractivity contribution in [3.8, 4) is 0 Å². The van der Waals surface area contributed by atoms with Gasteiger partial charge >= 0.3 is 0 Å². The molecule has 1 aromatic heterocycles. The van der Waals surface area contributed by atoms with E-state index in [4.69, 9.17) is 5.73 Å². The van der Waals surface area contributed by atoms with Gasteiger partial charge in [0.2, 0.25) is 0 Å². The first kappa shape index (κ1) is 16.2. The molecule has 1 aliphatic rings. The van der Waals surface area contributed by atoms with E-state index in [1.807, 2.05) is 24.8 Å². The molecule has 1 aliphatic heterocycles. The van der Waals surface area contributed by atoms with Crippen LogP contribution in [0.4, 0.5) is 16.0 Å². The lowest BCUT2D eigenvalue weighted by molar-refractivity contribution is 0.382. The lowest BCUT2D eigenvalue weighted by atomic mass is 10.2. The normalized spacial score (nSPS) is 15.7. The van der Waals surface area contributed by atoms with Crippen LogP contribution in [0.2, 0.25) is 0 Å². The third kappa shape index (κ3) is 3.79. The third-order valence-electron chi connectivity index (χ3n) is 3.98. The van der Waals surface area contributed by atoms with E-state index in [2.05, 4.69) is 19.9 Å². The summed E-state index contributed by atoms with van der Waals surface area (Å²) in [7, 11) is 0. The zero-order valence-electron chi connectivity index (χ0n) is 13.9. The molecule has 1 aromatic carbocycles. The van der Waals surface area contributed by atoms with Gasteiger partial charge in [-0.3, -0.25) is 0 Å². The molecule has 0 radical (unpaired) electrons. The molecular weight excluding hydrogens is 307 g/mol.